The predicted molar refractivity (Wildman–Crippen MR) is 110 cm³/mol. The molecule has 0 fully saturated rings. The highest BCUT2D eigenvalue weighted by atomic mass is 16.5. The van der Waals surface area contributed by atoms with Gasteiger partial charge in [-0.25, -0.2) is 0 Å². The van der Waals surface area contributed by atoms with Gasteiger partial charge in [-0.15, -0.1) is 0 Å². The molecule has 1 amide bonds. The number of rotatable bonds is 7. The minimum Gasteiger partial charge on any atom is -0.465 e. The van der Waals surface area contributed by atoms with Crippen molar-refractivity contribution in [2.45, 2.75) is 20.4 Å². The van der Waals surface area contributed by atoms with Crippen LogP contribution in [0.3, 0.4) is 0 Å². The van der Waals surface area contributed by atoms with Gasteiger partial charge in [0.1, 0.15) is 0 Å². The Balaban J connectivity index is 1.66. The number of carbonyl (C=O) groups excluding carboxylic acids is 2. The minimum atomic E-state index is -0.265. The zero-order valence-corrected chi connectivity index (χ0v) is 16.0. The molecule has 28 heavy (non-hydrogen) atoms. The van der Waals surface area contributed by atoms with E-state index < -0.39 is 0 Å². The summed E-state index contributed by atoms with van der Waals surface area (Å²) in [6, 6.07) is 13.1. The van der Waals surface area contributed by atoms with Gasteiger partial charge in [0.05, 0.1) is 18.7 Å². The highest BCUT2D eigenvalue weighted by molar-refractivity contribution is 6.32. The maximum absolute atomic E-state index is 12.4. The van der Waals surface area contributed by atoms with Gasteiger partial charge in [-0.1, -0.05) is 12.1 Å². The lowest BCUT2D eigenvalue weighted by atomic mass is 10.0. The van der Waals surface area contributed by atoms with E-state index in [0.29, 0.717) is 24.4 Å². The summed E-state index contributed by atoms with van der Waals surface area (Å²) in [7, 11) is 0. The van der Waals surface area contributed by atoms with Gasteiger partial charge in [0.15, 0.2) is 0 Å². The number of amides is 1. The van der Waals surface area contributed by atoms with Crippen LogP contribution in [0, 0.1) is 0 Å². The van der Waals surface area contributed by atoms with Crippen LogP contribution in [0.25, 0.3) is 5.57 Å². The van der Waals surface area contributed by atoms with Crippen molar-refractivity contribution in [2.75, 3.05) is 29.5 Å². The maximum atomic E-state index is 12.4. The number of ether oxygens (including phenoxy) is 1. The summed E-state index contributed by atoms with van der Waals surface area (Å²) in [4.78, 5) is 23.7. The van der Waals surface area contributed by atoms with Crippen molar-refractivity contribution < 1.29 is 14.3 Å². The molecular weight excluding hydrogens is 356 g/mol. The minimum absolute atomic E-state index is 0.148. The van der Waals surface area contributed by atoms with Gasteiger partial charge < -0.3 is 26.4 Å². The Morgan fingerprint density at radius 1 is 1.18 bits per heavy atom. The largest absolute Gasteiger partial charge is 0.465 e. The lowest BCUT2D eigenvalue weighted by molar-refractivity contribution is -0.142. The second-order valence-corrected chi connectivity index (χ2v) is 6.49. The van der Waals surface area contributed by atoms with Gasteiger partial charge in [-0.05, 0) is 49.7 Å². The fraction of sp³-hybridized carbons (Fsp3) is 0.238. The standard InChI is InChI=1S/C21H24N4O3/c1-3-28-19(26)12-23-11-14-4-7-16(8-5-14)24-13(2)20-17-10-15(22)6-9-18(17)25-21(20)27/h4-10,23-24H,3,11-12,22H2,1-2H3,(H,25,27). The third-order valence-electron chi connectivity index (χ3n) is 4.35. The fourth-order valence-corrected chi connectivity index (χ4v) is 3.06. The predicted octanol–water partition coefficient (Wildman–Crippen LogP) is 2.72. The van der Waals surface area contributed by atoms with Gasteiger partial charge in [0.2, 0.25) is 0 Å². The average Bonchev–Trinajstić information content (AvgIpc) is 2.98. The van der Waals surface area contributed by atoms with Crippen LogP contribution in [-0.4, -0.2) is 25.0 Å². The Kier molecular flexibility index (Phi) is 5.96. The quantitative estimate of drug-likeness (QED) is 0.334. The molecule has 0 saturated heterocycles. The molecule has 1 aliphatic heterocycles. The van der Waals surface area contributed by atoms with Crippen LogP contribution in [0.4, 0.5) is 17.1 Å². The highest BCUT2D eigenvalue weighted by Gasteiger charge is 2.26. The molecule has 0 spiro atoms. The number of nitrogens with one attached hydrogen (secondary N) is 3. The Morgan fingerprint density at radius 2 is 1.93 bits per heavy atom. The first-order valence-corrected chi connectivity index (χ1v) is 9.12. The topological polar surface area (TPSA) is 105 Å². The molecule has 146 valence electrons. The number of benzene rings is 2. The first-order chi connectivity index (χ1) is 13.5. The molecule has 0 saturated carbocycles. The molecule has 0 atom stereocenters. The molecule has 0 unspecified atom stereocenters. The molecule has 0 radical (unpaired) electrons. The van der Waals surface area contributed by atoms with Crippen molar-refractivity contribution in [2.24, 2.45) is 0 Å². The number of anilines is 3. The maximum Gasteiger partial charge on any atom is 0.319 e. The summed E-state index contributed by atoms with van der Waals surface area (Å²) >= 11 is 0. The van der Waals surface area contributed by atoms with E-state index in [4.69, 9.17) is 10.5 Å². The molecule has 1 heterocycles. The van der Waals surface area contributed by atoms with Gasteiger partial charge in [0.25, 0.3) is 5.91 Å². The van der Waals surface area contributed by atoms with E-state index in [-0.39, 0.29) is 18.4 Å². The van der Waals surface area contributed by atoms with Crippen molar-refractivity contribution in [1.82, 2.24) is 5.32 Å². The van der Waals surface area contributed by atoms with Gasteiger partial charge in [0, 0.05) is 34.9 Å². The van der Waals surface area contributed by atoms with Crippen molar-refractivity contribution in [3.8, 4) is 0 Å². The van der Waals surface area contributed by atoms with Crippen molar-refractivity contribution in [3.05, 3.63) is 59.3 Å². The van der Waals surface area contributed by atoms with Crippen molar-refractivity contribution in [3.63, 3.8) is 0 Å². The third kappa shape index (κ3) is 4.50. The molecule has 7 heteroatoms. The number of nitrogens with two attached hydrogens (primary N) is 1. The summed E-state index contributed by atoms with van der Waals surface area (Å²) in [5, 5.41) is 9.17. The molecule has 0 bridgehead atoms. The first-order valence-electron chi connectivity index (χ1n) is 9.12. The molecule has 0 aliphatic carbocycles. The molecule has 2 aromatic rings. The van der Waals surface area contributed by atoms with E-state index in [2.05, 4.69) is 16.0 Å². The van der Waals surface area contributed by atoms with Crippen molar-refractivity contribution in [1.29, 1.82) is 0 Å². The monoisotopic (exact) mass is 380 g/mol. The number of hydrogen-bond acceptors (Lipinski definition) is 6. The third-order valence-corrected chi connectivity index (χ3v) is 4.35. The zero-order chi connectivity index (χ0) is 20.1. The van der Waals surface area contributed by atoms with Gasteiger partial charge >= 0.3 is 5.97 Å². The van der Waals surface area contributed by atoms with Crippen LogP contribution in [0.1, 0.15) is 25.0 Å². The second kappa shape index (κ2) is 8.58. The number of carbonyl (C=O) groups is 2. The number of hydrogen-bond donors (Lipinski definition) is 4. The van der Waals surface area contributed by atoms with Gasteiger partial charge in [-0.3, -0.25) is 9.59 Å². The molecule has 2 aromatic carbocycles. The van der Waals surface area contributed by atoms with Crippen LogP contribution >= 0.6 is 0 Å². The number of esters is 1. The smallest absolute Gasteiger partial charge is 0.319 e. The van der Waals surface area contributed by atoms with E-state index in [1.807, 2.05) is 31.2 Å². The molecule has 7 nitrogen and oxygen atoms in total. The molecule has 0 aromatic heterocycles. The SMILES string of the molecule is CCOC(=O)CNCc1ccc(NC(C)=C2C(=O)Nc3ccc(N)cc32)cc1. The average molecular weight is 380 g/mol. The lowest BCUT2D eigenvalue weighted by Crippen LogP contribution is -2.24. The van der Waals surface area contributed by atoms with Crippen LogP contribution < -0.4 is 21.7 Å². The Morgan fingerprint density at radius 3 is 2.64 bits per heavy atom. The van der Waals surface area contributed by atoms with E-state index in [0.717, 1.165) is 28.2 Å². The fourth-order valence-electron chi connectivity index (χ4n) is 3.06. The van der Waals surface area contributed by atoms with E-state index >= 15 is 0 Å². The van der Waals surface area contributed by atoms with Crippen LogP contribution in [-0.2, 0) is 20.9 Å². The van der Waals surface area contributed by atoms with Crippen LogP contribution in [0.2, 0.25) is 0 Å². The zero-order valence-electron chi connectivity index (χ0n) is 16.0. The number of fused-ring (bicyclic) bond motifs is 1. The van der Waals surface area contributed by atoms with E-state index in [1.165, 1.54) is 0 Å². The second-order valence-electron chi connectivity index (χ2n) is 6.49. The Bertz CT molecular complexity index is 920. The molecular formula is C21H24N4O3. The highest BCUT2D eigenvalue weighted by Crippen LogP contribution is 2.35. The van der Waals surface area contributed by atoms with E-state index in [1.54, 1.807) is 25.1 Å². The van der Waals surface area contributed by atoms with E-state index in [9.17, 15) is 9.59 Å². The Labute approximate surface area is 164 Å². The number of nitrogen functional groups attached to an aromatic ring is 1. The Hall–Kier alpha value is -3.32. The van der Waals surface area contributed by atoms with Crippen molar-refractivity contribution >= 4 is 34.5 Å². The number of allylic oxidation sites excluding steroid dienone is 1. The molecule has 5 N–H and O–H groups in total. The summed E-state index contributed by atoms with van der Waals surface area (Å²) < 4.78 is 4.88. The summed E-state index contributed by atoms with van der Waals surface area (Å²) in [6.45, 7) is 4.77. The van der Waals surface area contributed by atoms with Gasteiger partial charge in [-0.2, -0.15) is 0 Å². The molecule has 1 aliphatic rings. The normalized spacial score (nSPS) is 14.3. The van der Waals surface area contributed by atoms with Crippen LogP contribution in [0.5, 0.6) is 0 Å². The molecule has 3 rings (SSSR count). The lowest BCUT2D eigenvalue weighted by Gasteiger charge is -2.11. The van der Waals surface area contributed by atoms with Crippen LogP contribution in [0.15, 0.2) is 48.2 Å². The summed E-state index contributed by atoms with van der Waals surface area (Å²) in [5.74, 6) is -0.413. The summed E-state index contributed by atoms with van der Waals surface area (Å²) in [6.07, 6.45) is 0. The first kappa shape index (κ1) is 19.4. The summed E-state index contributed by atoms with van der Waals surface area (Å²) in [5.41, 5.74) is 11.3.